The number of piperidine rings is 1. The van der Waals surface area contributed by atoms with Gasteiger partial charge in [0, 0.05) is 29.8 Å². The summed E-state index contributed by atoms with van der Waals surface area (Å²) in [6, 6.07) is 10.8. The van der Waals surface area contributed by atoms with Crippen LogP contribution in [-0.4, -0.2) is 28.9 Å². The Bertz CT molecular complexity index is 816. The third kappa shape index (κ3) is 2.45. The Kier molecular flexibility index (Phi) is 3.75. The smallest absolute Gasteiger partial charge is 0.226 e. The van der Waals surface area contributed by atoms with Gasteiger partial charge in [0.25, 0.3) is 0 Å². The highest BCUT2D eigenvalue weighted by molar-refractivity contribution is 7.09. The van der Waals surface area contributed by atoms with Crippen LogP contribution in [0, 0.1) is 18.3 Å². The number of likely N-dealkylation sites (tertiary alicyclic amines) is 1. The van der Waals surface area contributed by atoms with Crippen molar-refractivity contribution in [3.05, 3.63) is 52.0 Å². The largest absolute Gasteiger partial charge is 0.342 e. The zero-order valence-corrected chi connectivity index (χ0v) is 16.2. The molecule has 1 aliphatic heterocycles. The minimum Gasteiger partial charge on any atom is -0.342 e. The van der Waals surface area contributed by atoms with Crippen molar-refractivity contribution < 1.29 is 4.79 Å². The Morgan fingerprint density at radius 1 is 1.15 bits per heavy atom. The average Bonchev–Trinajstić information content (AvgIpc) is 3.29. The van der Waals surface area contributed by atoms with Crippen molar-refractivity contribution in [1.29, 1.82) is 0 Å². The van der Waals surface area contributed by atoms with E-state index in [0.29, 0.717) is 17.2 Å². The summed E-state index contributed by atoms with van der Waals surface area (Å²) in [7, 11) is 0. The van der Waals surface area contributed by atoms with E-state index in [1.807, 2.05) is 0 Å². The number of carbonyl (C=O) groups excluding carboxylic acids is 1. The van der Waals surface area contributed by atoms with Crippen LogP contribution in [0.1, 0.15) is 54.8 Å². The molecule has 2 saturated carbocycles. The monoisotopic (exact) mass is 366 g/mol. The molecule has 5 rings (SSSR count). The molecular weight excluding hydrogens is 340 g/mol. The molecule has 3 nitrogen and oxygen atoms in total. The minimum atomic E-state index is -0.0412. The Balaban J connectivity index is 1.38. The first-order chi connectivity index (χ1) is 12.6. The van der Waals surface area contributed by atoms with Crippen molar-refractivity contribution >= 4 is 17.2 Å². The minimum absolute atomic E-state index is 0.0412. The lowest BCUT2D eigenvalue weighted by atomic mass is 9.70. The standard InChI is InChI=1S/C22H26N2OS/c1-16-23-19(15-26-16)22(17-6-3-2-4-7-17)10-12-24(13-11-22)20(25)18-14-21(18)8-5-9-21/h2-4,6-7,15,18H,5,8-14H2,1H3. The molecule has 3 aliphatic rings. The third-order valence-electron chi connectivity index (χ3n) is 7.20. The zero-order chi connectivity index (χ0) is 17.8. The van der Waals surface area contributed by atoms with Gasteiger partial charge in [0.1, 0.15) is 0 Å². The Morgan fingerprint density at radius 3 is 2.42 bits per heavy atom. The van der Waals surface area contributed by atoms with Crippen LogP contribution in [0.2, 0.25) is 0 Å². The molecule has 0 radical (unpaired) electrons. The van der Waals surface area contributed by atoms with Crippen LogP contribution in [0.3, 0.4) is 0 Å². The van der Waals surface area contributed by atoms with Gasteiger partial charge < -0.3 is 4.90 Å². The van der Waals surface area contributed by atoms with Gasteiger partial charge in [-0.1, -0.05) is 36.8 Å². The second-order valence-corrected chi connectivity index (χ2v) is 9.56. The third-order valence-corrected chi connectivity index (χ3v) is 7.98. The number of carbonyl (C=O) groups is 1. The van der Waals surface area contributed by atoms with Crippen molar-refractivity contribution in [2.75, 3.05) is 13.1 Å². The summed E-state index contributed by atoms with van der Waals surface area (Å²) < 4.78 is 0. The van der Waals surface area contributed by atoms with Gasteiger partial charge in [-0.25, -0.2) is 4.98 Å². The number of hydrogen-bond acceptors (Lipinski definition) is 3. The molecule has 0 bridgehead atoms. The molecule has 1 atom stereocenters. The first kappa shape index (κ1) is 16.5. The van der Waals surface area contributed by atoms with E-state index in [9.17, 15) is 4.79 Å². The van der Waals surface area contributed by atoms with E-state index in [4.69, 9.17) is 4.98 Å². The van der Waals surface area contributed by atoms with Crippen LogP contribution in [0.15, 0.2) is 35.7 Å². The van der Waals surface area contributed by atoms with Gasteiger partial charge in [-0.3, -0.25) is 4.79 Å². The fourth-order valence-electron chi connectivity index (χ4n) is 5.24. The van der Waals surface area contributed by atoms with Crippen LogP contribution in [0.5, 0.6) is 0 Å². The maximum Gasteiger partial charge on any atom is 0.226 e. The van der Waals surface area contributed by atoms with E-state index < -0.39 is 0 Å². The second kappa shape index (κ2) is 5.91. The number of aromatic nitrogens is 1. The van der Waals surface area contributed by atoms with Crippen molar-refractivity contribution in [2.24, 2.45) is 11.3 Å². The molecule has 136 valence electrons. The highest BCUT2D eigenvalue weighted by Crippen LogP contribution is 2.66. The van der Waals surface area contributed by atoms with E-state index in [1.54, 1.807) is 11.3 Å². The van der Waals surface area contributed by atoms with E-state index in [0.717, 1.165) is 37.4 Å². The number of nitrogens with zero attached hydrogens (tertiary/aromatic N) is 2. The van der Waals surface area contributed by atoms with Crippen molar-refractivity contribution in [3.63, 3.8) is 0 Å². The highest BCUT2D eigenvalue weighted by Gasteiger charge is 2.62. The van der Waals surface area contributed by atoms with E-state index in [1.165, 1.54) is 30.5 Å². The molecule has 1 aromatic heterocycles. The fourth-order valence-corrected chi connectivity index (χ4v) is 5.95. The number of amides is 1. The highest BCUT2D eigenvalue weighted by atomic mass is 32.1. The van der Waals surface area contributed by atoms with Gasteiger partial charge in [-0.05, 0) is 50.0 Å². The number of thiazole rings is 1. The number of aryl methyl sites for hydroxylation is 1. The molecule has 2 aromatic rings. The molecule has 1 aromatic carbocycles. The average molecular weight is 367 g/mol. The predicted octanol–water partition coefficient (Wildman–Crippen LogP) is 4.55. The first-order valence-electron chi connectivity index (χ1n) is 9.90. The Hall–Kier alpha value is -1.68. The number of benzene rings is 1. The molecule has 1 spiro atoms. The zero-order valence-electron chi connectivity index (χ0n) is 15.4. The van der Waals surface area contributed by atoms with E-state index >= 15 is 0 Å². The van der Waals surface area contributed by atoms with Gasteiger partial charge >= 0.3 is 0 Å². The van der Waals surface area contributed by atoms with Crippen molar-refractivity contribution in [2.45, 2.75) is 50.9 Å². The van der Waals surface area contributed by atoms with Crippen LogP contribution in [-0.2, 0) is 10.2 Å². The number of rotatable bonds is 3. The summed E-state index contributed by atoms with van der Waals surface area (Å²) in [4.78, 5) is 20.0. The molecule has 3 fully saturated rings. The predicted molar refractivity (Wildman–Crippen MR) is 104 cm³/mol. The van der Waals surface area contributed by atoms with Crippen LogP contribution in [0.4, 0.5) is 0 Å². The van der Waals surface area contributed by atoms with Gasteiger partial charge in [0.2, 0.25) is 5.91 Å². The molecule has 2 heterocycles. The SMILES string of the molecule is Cc1nc(C2(c3ccccc3)CCN(C(=O)C3CC34CCC4)CC2)cs1. The molecule has 4 heteroatoms. The molecule has 26 heavy (non-hydrogen) atoms. The lowest BCUT2D eigenvalue weighted by molar-refractivity contribution is -0.135. The first-order valence-corrected chi connectivity index (χ1v) is 10.8. The van der Waals surface area contributed by atoms with Crippen LogP contribution < -0.4 is 0 Å². The lowest BCUT2D eigenvalue weighted by Crippen LogP contribution is -2.47. The summed E-state index contributed by atoms with van der Waals surface area (Å²) in [6.07, 6.45) is 6.99. The molecule has 0 N–H and O–H groups in total. The van der Waals surface area contributed by atoms with Crippen LogP contribution in [0.25, 0.3) is 0 Å². The van der Waals surface area contributed by atoms with E-state index in [-0.39, 0.29) is 5.41 Å². The fraction of sp³-hybridized carbons (Fsp3) is 0.545. The summed E-state index contributed by atoms with van der Waals surface area (Å²) >= 11 is 1.73. The van der Waals surface area contributed by atoms with Gasteiger partial charge in [-0.2, -0.15) is 0 Å². The van der Waals surface area contributed by atoms with Crippen molar-refractivity contribution in [1.82, 2.24) is 9.88 Å². The summed E-state index contributed by atoms with van der Waals surface area (Å²) in [5, 5.41) is 3.35. The van der Waals surface area contributed by atoms with Gasteiger partial charge in [0.15, 0.2) is 0 Å². The van der Waals surface area contributed by atoms with E-state index in [2.05, 4.69) is 47.5 Å². The lowest BCUT2D eigenvalue weighted by Gasteiger charge is -2.42. The van der Waals surface area contributed by atoms with Gasteiger partial charge in [0.05, 0.1) is 10.7 Å². The Morgan fingerprint density at radius 2 is 1.88 bits per heavy atom. The molecule has 2 aliphatic carbocycles. The maximum atomic E-state index is 13.0. The molecule has 1 unspecified atom stereocenters. The molecule has 1 saturated heterocycles. The molecule has 1 amide bonds. The topological polar surface area (TPSA) is 33.2 Å². The quantitative estimate of drug-likeness (QED) is 0.798. The Labute approximate surface area is 159 Å². The van der Waals surface area contributed by atoms with Gasteiger partial charge in [-0.15, -0.1) is 11.3 Å². The number of hydrogen-bond donors (Lipinski definition) is 0. The van der Waals surface area contributed by atoms with Crippen molar-refractivity contribution in [3.8, 4) is 0 Å². The summed E-state index contributed by atoms with van der Waals surface area (Å²) in [6.45, 7) is 3.80. The molecular formula is C22H26N2OS. The second-order valence-electron chi connectivity index (χ2n) is 8.50. The maximum absolute atomic E-state index is 13.0. The summed E-state index contributed by atoms with van der Waals surface area (Å²) in [5.41, 5.74) is 2.93. The summed E-state index contributed by atoms with van der Waals surface area (Å²) in [5.74, 6) is 0.766. The van der Waals surface area contributed by atoms with Crippen LogP contribution >= 0.6 is 11.3 Å². The normalized spacial score (nSPS) is 25.7.